The van der Waals surface area contributed by atoms with Crippen molar-refractivity contribution in [2.75, 3.05) is 13.2 Å². The lowest BCUT2D eigenvalue weighted by Crippen LogP contribution is -1.97. The van der Waals surface area contributed by atoms with Gasteiger partial charge in [0.2, 0.25) is 0 Å². The first-order valence-electron chi connectivity index (χ1n) is 6.20. The highest BCUT2D eigenvalue weighted by Gasteiger charge is 1.96. The largest absolute Gasteiger partial charge is 0.489 e. The predicted molar refractivity (Wildman–Crippen MR) is 76.3 cm³/mol. The molecule has 0 amide bonds. The normalized spacial score (nSPS) is 9.56. The van der Waals surface area contributed by atoms with Gasteiger partial charge in [0.05, 0.1) is 0 Å². The van der Waals surface area contributed by atoms with E-state index in [2.05, 4.69) is 39.8 Å². The van der Waals surface area contributed by atoms with Crippen molar-refractivity contribution in [2.45, 2.75) is 27.7 Å². The van der Waals surface area contributed by atoms with Crippen LogP contribution in [0.2, 0.25) is 0 Å². The van der Waals surface area contributed by atoms with Crippen LogP contribution in [0.4, 0.5) is 0 Å². The quantitative estimate of drug-likeness (QED) is 0.694. The molecule has 0 radical (unpaired) electrons. The summed E-state index contributed by atoms with van der Waals surface area (Å²) in [5.41, 5.74) is 2.51. The molecule has 18 heavy (non-hydrogen) atoms. The van der Waals surface area contributed by atoms with Crippen LogP contribution in [0.15, 0.2) is 47.6 Å². The third kappa shape index (κ3) is 6.14. The maximum Gasteiger partial charge on any atom is 0.123 e. The van der Waals surface area contributed by atoms with Gasteiger partial charge in [-0.05, 0) is 52.0 Å². The Hall–Kier alpha value is -1.70. The van der Waals surface area contributed by atoms with E-state index in [4.69, 9.17) is 9.47 Å². The second kappa shape index (κ2) is 7.59. The van der Waals surface area contributed by atoms with Crippen molar-refractivity contribution in [3.05, 3.63) is 47.6 Å². The molecule has 0 atom stereocenters. The fourth-order valence-electron chi connectivity index (χ4n) is 1.26. The van der Waals surface area contributed by atoms with Crippen LogP contribution in [-0.2, 0) is 0 Å². The lowest BCUT2D eigenvalue weighted by Gasteiger charge is -2.07. The highest BCUT2D eigenvalue weighted by Crippen LogP contribution is 2.19. The van der Waals surface area contributed by atoms with E-state index in [0.717, 1.165) is 11.5 Å². The van der Waals surface area contributed by atoms with Crippen LogP contribution in [0.3, 0.4) is 0 Å². The smallest absolute Gasteiger partial charge is 0.123 e. The third-order valence-electron chi connectivity index (χ3n) is 2.29. The molecule has 0 unspecified atom stereocenters. The van der Waals surface area contributed by atoms with Crippen molar-refractivity contribution in [1.82, 2.24) is 0 Å². The second-order valence-corrected chi connectivity index (χ2v) is 4.66. The van der Waals surface area contributed by atoms with Crippen LogP contribution in [0.1, 0.15) is 27.7 Å². The minimum Gasteiger partial charge on any atom is -0.489 e. The maximum absolute atomic E-state index is 5.61. The van der Waals surface area contributed by atoms with Crippen LogP contribution in [-0.4, -0.2) is 13.2 Å². The Morgan fingerprint density at radius 2 is 1.33 bits per heavy atom. The molecule has 0 aliphatic carbocycles. The molecular formula is C16H22O2. The fourth-order valence-corrected chi connectivity index (χ4v) is 1.26. The van der Waals surface area contributed by atoms with Gasteiger partial charge < -0.3 is 9.47 Å². The summed E-state index contributed by atoms with van der Waals surface area (Å²) in [6.07, 6.45) is 4.10. The summed E-state index contributed by atoms with van der Waals surface area (Å²) in [4.78, 5) is 0. The summed E-state index contributed by atoms with van der Waals surface area (Å²) >= 11 is 0. The van der Waals surface area contributed by atoms with Crippen molar-refractivity contribution in [3.8, 4) is 11.5 Å². The molecule has 1 aromatic carbocycles. The van der Waals surface area contributed by atoms with Gasteiger partial charge in [-0.2, -0.15) is 0 Å². The molecule has 98 valence electrons. The summed E-state index contributed by atoms with van der Waals surface area (Å²) in [5.74, 6) is 1.67. The molecule has 2 nitrogen and oxygen atoms in total. The predicted octanol–water partition coefficient (Wildman–Crippen LogP) is 4.38. The maximum atomic E-state index is 5.61. The first-order chi connectivity index (χ1) is 8.58. The Labute approximate surface area is 110 Å². The summed E-state index contributed by atoms with van der Waals surface area (Å²) in [7, 11) is 0. The van der Waals surface area contributed by atoms with Gasteiger partial charge in [-0.3, -0.25) is 0 Å². The van der Waals surface area contributed by atoms with E-state index >= 15 is 0 Å². The molecule has 0 aliphatic rings. The number of allylic oxidation sites excluding steroid dienone is 2. The number of ether oxygens (including phenoxy) is 2. The van der Waals surface area contributed by atoms with Gasteiger partial charge in [0.25, 0.3) is 0 Å². The molecule has 0 saturated heterocycles. The Morgan fingerprint density at radius 1 is 0.889 bits per heavy atom. The molecule has 0 N–H and O–H groups in total. The minimum absolute atomic E-state index is 0.597. The highest BCUT2D eigenvalue weighted by molar-refractivity contribution is 5.33. The van der Waals surface area contributed by atoms with Gasteiger partial charge in [-0.15, -0.1) is 0 Å². The van der Waals surface area contributed by atoms with E-state index in [-0.39, 0.29) is 0 Å². The van der Waals surface area contributed by atoms with Crippen LogP contribution in [0.5, 0.6) is 11.5 Å². The average Bonchev–Trinajstić information content (AvgIpc) is 2.28. The van der Waals surface area contributed by atoms with E-state index in [0.29, 0.717) is 13.2 Å². The molecule has 1 aromatic rings. The number of benzene rings is 1. The molecule has 1 rings (SSSR count). The zero-order valence-corrected chi connectivity index (χ0v) is 11.7. The van der Waals surface area contributed by atoms with E-state index < -0.39 is 0 Å². The zero-order chi connectivity index (χ0) is 13.4. The molecule has 0 bridgehead atoms. The Morgan fingerprint density at radius 3 is 1.72 bits per heavy atom. The number of hydrogen-bond acceptors (Lipinski definition) is 2. The minimum atomic E-state index is 0.597. The second-order valence-electron chi connectivity index (χ2n) is 4.66. The van der Waals surface area contributed by atoms with E-state index in [1.54, 1.807) is 0 Å². The lowest BCUT2D eigenvalue weighted by atomic mass is 10.3. The first-order valence-corrected chi connectivity index (χ1v) is 6.20. The van der Waals surface area contributed by atoms with Gasteiger partial charge in [-0.1, -0.05) is 17.2 Å². The first kappa shape index (κ1) is 14.4. The average molecular weight is 246 g/mol. The molecule has 0 aromatic heterocycles. The summed E-state index contributed by atoms with van der Waals surface area (Å²) < 4.78 is 11.2. The van der Waals surface area contributed by atoms with Gasteiger partial charge in [0, 0.05) is 6.07 Å². The van der Waals surface area contributed by atoms with Crippen molar-refractivity contribution in [3.63, 3.8) is 0 Å². The van der Waals surface area contributed by atoms with Crippen LogP contribution in [0.25, 0.3) is 0 Å². The van der Waals surface area contributed by atoms with Crippen molar-refractivity contribution in [1.29, 1.82) is 0 Å². The van der Waals surface area contributed by atoms with E-state index in [9.17, 15) is 0 Å². The van der Waals surface area contributed by atoms with Crippen LogP contribution >= 0.6 is 0 Å². The van der Waals surface area contributed by atoms with Gasteiger partial charge in [-0.25, -0.2) is 0 Å². The van der Waals surface area contributed by atoms with E-state index in [1.165, 1.54) is 11.1 Å². The molecule has 2 heteroatoms. The van der Waals surface area contributed by atoms with Crippen molar-refractivity contribution >= 4 is 0 Å². The third-order valence-corrected chi connectivity index (χ3v) is 2.29. The fraction of sp³-hybridized carbons (Fsp3) is 0.375. The summed E-state index contributed by atoms with van der Waals surface area (Å²) in [6.45, 7) is 9.43. The topological polar surface area (TPSA) is 18.5 Å². The van der Waals surface area contributed by atoms with Crippen LogP contribution < -0.4 is 9.47 Å². The van der Waals surface area contributed by atoms with Crippen LogP contribution in [0, 0.1) is 0 Å². The SMILES string of the molecule is CC(C)=CCOc1cccc(OCC=C(C)C)c1. The van der Waals surface area contributed by atoms with E-state index in [1.807, 2.05) is 24.3 Å². The Balaban J connectivity index is 2.51. The zero-order valence-electron chi connectivity index (χ0n) is 11.7. The standard InChI is InChI=1S/C16H22O2/c1-13(2)8-10-17-15-6-5-7-16(12-15)18-11-9-14(3)4/h5-9,12H,10-11H2,1-4H3. The highest BCUT2D eigenvalue weighted by atomic mass is 16.5. The molecule has 0 heterocycles. The van der Waals surface area contributed by atoms with Gasteiger partial charge in [0.1, 0.15) is 24.7 Å². The van der Waals surface area contributed by atoms with Gasteiger partial charge >= 0.3 is 0 Å². The molecule has 0 saturated carbocycles. The van der Waals surface area contributed by atoms with Crippen molar-refractivity contribution in [2.24, 2.45) is 0 Å². The summed E-state index contributed by atoms with van der Waals surface area (Å²) in [5, 5.41) is 0. The van der Waals surface area contributed by atoms with Gasteiger partial charge in [0.15, 0.2) is 0 Å². The molecule has 0 aliphatic heterocycles. The Kier molecular flexibility index (Phi) is 6.06. The monoisotopic (exact) mass is 246 g/mol. The summed E-state index contributed by atoms with van der Waals surface area (Å²) in [6, 6.07) is 7.73. The lowest BCUT2D eigenvalue weighted by molar-refractivity contribution is 0.344. The molecule has 0 fully saturated rings. The molecular weight excluding hydrogens is 224 g/mol. The molecule has 0 spiro atoms. The van der Waals surface area contributed by atoms with Crippen molar-refractivity contribution < 1.29 is 9.47 Å². The number of rotatable bonds is 6. The number of hydrogen-bond donors (Lipinski definition) is 0. The Bertz CT molecular complexity index is 385.